The molecule has 0 amide bonds. The molecule has 0 saturated heterocycles. The van der Waals surface area contributed by atoms with Gasteiger partial charge in [0.2, 0.25) is 0 Å². The third-order valence-corrected chi connectivity index (χ3v) is 2.55. The Bertz CT molecular complexity index is 302. The second-order valence-electron chi connectivity index (χ2n) is 3.31. The summed E-state index contributed by atoms with van der Waals surface area (Å²) in [6.45, 7) is 5.35. The summed E-state index contributed by atoms with van der Waals surface area (Å²) in [5.74, 6) is 1.10. The minimum atomic E-state index is 1.01. The molecule has 0 aliphatic heterocycles. The first kappa shape index (κ1) is 11.5. The lowest BCUT2D eigenvalue weighted by molar-refractivity contribution is 0.669. The molecule has 0 spiro atoms. The molecule has 0 aliphatic rings. The summed E-state index contributed by atoms with van der Waals surface area (Å²) < 4.78 is 2.21. The van der Waals surface area contributed by atoms with Gasteiger partial charge in [0, 0.05) is 24.3 Å². The lowest BCUT2D eigenvalue weighted by Crippen LogP contribution is -2.00. The highest BCUT2D eigenvalue weighted by molar-refractivity contribution is 9.09. The van der Waals surface area contributed by atoms with Crippen LogP contribution in [0.2, 0.25) is 0 Å². The molecule has 78 valence electrons. The van der Waals surface area contributed by atoms with Crippen molar-refractivity contribution in [1.82, 2.24) is 9.55 Å². The van der Waals surface area contributed by atoms with Gasteiger partial charge in [-0.15, -0.1) is 0 Å². The maximum atomic E-state index is 4.37. The van der Waals surface area contributed by atoms with Crippen molar-refractivity contribution in [2.75, 3.05) is 5.33 Å². The van der Waals surface area contributed by atoms with Crippen LogP contribution in [-0.2, 0) is 6.54 Å². The fourth-order valence-corrected chi connectivity index (χ4v) is 1.67. The molecule has 0 unspecified atom stereocenters. The quantitative estimate of drug-likeness (QED) is 0.738. The Labute approximate surface area is 94.2 Å². The highest BCUT2D eigenvalue weighted by atomic mass is 79.9. The van der Waals surface area contributed by atoms with Crippen molar-refractivity contribution in [3.8, 4) is 0 Å². The van der Waals surface area contributed by atoms with Crippen LogP contribution in [-0.4, -0.2) is 14.9 Å². The lowest BCUT2D eigenvalue weighted by Gasteiger charge is -2.05. The van der Waals surface area contributed by atoms with Crippen molar-refractivity contribution in [1.29, 1.82) is 0 Å². The maximum absolute atomic E-state index is 4.37. The smallest absolute Gasteiger partial charge is 0.135 e. The van der Waals surface area contributed by atoms with E-state index in [1.807, 2.05) is 12.4 Å². The van der Waals surface area contributed by atoms with E-state index >= 15 is 0 Å². The number of rotatable bonds is 5. The number of aryl methyl sites for hydroxylation is 1. The first-order chi connectivity index (χ1) is 6.79. The van der Waals surface area contributed by atoms with E-state index in [0.29, 0.717) is 0 Å². The first-order valence-electron chi connectivity index (χ1n) is 5.03. The largest absolute Gasteiger partial charge is 0.331 e. The monoisotopic (exact) mass is 256 g/mol. The summed E-state index contributed by atoms with van der Waals surface area (Å²) in [5.41, 5.74) is 1.27. The van der Waals surface area contributed by atoms with E-state index in [0.717, 1.165) is 30.5 Å². The van der Waals surface area contributed by atoms with E-state index < -0.39 is 0 Å². The van der Waals surface area contributed by atoms with Crippen LogP contribution in [0.4, 0.5) is 0 Å². The number of aromatic nitrogens is 2. The normalized spacial score (nSPS) is 12.1. The molecule has 1 aromatic rings. The van der Waals surface area contributed by atoms with Crippen LogP contribution in [0.25, 0.3) is 5.57 Å². The van der Waals surface area contributed by atoms with Gasteiger partial charge in [-0.3, -0.25) is 0 Å². The van der Waals surface area contributed by atoms with Crippen molar-refractivity contribution in [2.24, 2.45) is 0 Å². The number of imidazole rings is 1. The molecule has 3 heteroatoms. The van der Waals surface area contributed by atoms with E-state index in [-0.39, 0.29) is 0 Å². The number of hydrogen-bond acceptors (Lipinski definition) is 1. The minimum Gasteiger partial charge on any atom is -0.331 e. The molecule has 0 fully saturated rings. The molecule has 0 saturated carbocycles. The third kappa shape index (κ3) is 2.98. The zero-order valence-corrected chi connectivity index (χ0v) is 10.4. The summed E-state index contributed by atoms with van der Waals surface area (Å²) in [6.07, 6.45) is 8.35. The first-order valence-corrected chi connectivity index (χ1v) is 6.16. The lowest BCUT2D eigenvalue weighted by atomic mass is 10.2. The van der Waals surface area contributed by atoms with E-state index in [1.54, 1.807) is 0 Å². The van der Waals surface area contributed by atoms with Gasteiger partial charge in [0.15, 0.2) is 0 Å². The Morgan fingerprint density at radius 2 is 2.43 bits per heavy atom. The Morgan fingerprint density at radius 1 is 1.64 bits per heavy atom. The van der Waals surface area contributed by atoms with Gasteiger partial charge in [-0.05, 0) is 25.3 Å². The zero-order valence-electron chi connectivity index (χ0n) is 8.83. The third-order valence-electron chi connectivity index (χ3n) is 2.09. The summed E-state index contributed by atoms with van der Waals surface area (Å²) in [6, 6.07) is 0. The Kier molecular flexibility index (Phi) is 4.94. The summed E-state index contributed by atoms with van der Waals surface area (Å²) in [4.78, 5) is 4.37. The Hall–Kier alpha value is -0.570. The Morgan fingerprint density at radius 3 is 3.07 bits per heavy atom. The number of halogens is 1. The number of alkyl halides is 1. The molecule has 0 aromatic carbocycles. The van der Waals surface area contributed by atoms with Gasteiger partial charge in [-0.2, -0.15) is 0 Å². The van der Waals surface area contributed by atoms with Gasteiger partial charge in [0.1, 0.15) is 5.82 Å². The van der Waals surface area contributed by atoms with E-state index in [1.165, 1.54) is 5.57 Å². The molecule has 1 heterocycles. The molecule has 0 atom stereocenters. The molecule has 0 N–H and O–H groups in total. The van der Waals surface area contributed by atoms with E-state index in [9.17, 15) is 0 Å². The second kappa shape index (κ2) is 6.02. The predicted octanol–water partition coefficient (Wildman–Crippen LogP) is 3.48. The molecule has 1 rings (SSSR count). The Balaban J connectivity index is 2.77. The van der Waals surface area contributed by atoms with Crippen molar-refractivity contribution in [3.05, 3.63) is 24.3 Å². The molecule has 0 aliphatic carbocycles. The van der Waals surface area contributed by atoms with Crippen LogP contribution < -0.4 is 0 Å². The number of allylic oxidation sites excluding steroid dienone is 2. The predicted molar refractivity (Wildman–Crippen MR) is 64.6 cm³/mol. The van der Waals surface area contributed by atoms with Crippen molar-refractivity contribution < 1.29 is 0 Å². The highest BCUT2D eigenvalue weighted by Gasteiger charge is 2.02. The van der Waals surface area contributed by atoms with Gasteiger partial charge in [-0.25, -0.2) is 4.98 Å². The fourth-order valence-electron chi connectivity index (χ4n) is 1.44. The average molecular weight is 257 g/mol. The van der Waals surface area contributed by atoms with Crippen LogP contribution in [0.1, 0.15) is 32.5 Å². The highest BCUT2D eigenvalue weighted by Crippen LogP contribution is 2.13. The van der Waals surface area contributed by atoms with Crippen LogP contribution in [0.5, 0.6) is 0 Å². The molecule has 0 bridgehead atoms. The number of nitrogens with zero attached hydrogens (tertiary/aromatic N) is 2. The van der Waals surface area contributed by atoms with Crippen molar-refractivity contribution in [3.63, 3.8) is 0 Å². The minimum absolute atomic E-state index is 1.01. The van der Waals surface area contributed by atoms with Gasteiger partial charge in [0.05, 0.1) is 0 Å². The summed E-state index contributed by atoms with van der Waals surface area (Å²) in [7, 11) is 0. The topological polar surface area (TPSA) is 17.8 Å². The van der Waals surface area contributed by atoms with E-state index in [2.05, 4.69) is 45.4 Å². The van der Waals surface area contributed by atoms with E-state index in [4.69, 9.17) is 0 Å². The molecule has 14 heavy (non-hydrogen) atoms. The summed E-state index contributed by atoms with van der Waals surface area (Å²) >= 11 is 3.42. The van der Waals surface area contributed by atoms with Gasteiger partial charge in [0.25, 0.3) is 0 Å². The molecule has 1 aromatic heterocycles. The fraction of sp³-hybridized carbons (Fsp3) is 0.545. The molecule has 0 radical (unpaired) electrons. The number of hydrogen-bond donors (Lipinski definition) is 0. The van der Waals surface area contributed by atoms with Crippen LogP contribution >= 0.6 is 15.9 Å². The molecular formula is C11H17BrN2. The average Bonchev–Trinajstić information content (AvgIpc) is 2.63. The van der Waals surface area contributed by atoms with Crippen LogP contribution in [0.3, 0.4) is 0 Å². The van der Waals surface area contributed by atoms with Crippen LogP contribution in [0, 0.1) is 0 Å². The molecular weight excluding hydrogens is 240 g/mol. The molecule has 2 nitrogen and oxygen atoms in total. The summed E-state index contributed by atoms with van der Waals surface area (Å²) in [5, 5.41) is 1.01. The van der Waals surface area contributed by atoms with Crippen molar-refractivity contribution >= 4 is 21.5 Å². The SMILES string of the molecule is CCCn1ccnc1C(C)=CCCBr. The van der Waals surface area contributed by atoms with Crippen LogP contribution in [0.15, 0.2) is 18.5 Å². The second-order valence-corrected chi connectivity index (χ2v) is 4.10. The van der Waals surface area contributed by atoms with Gasteiger partial charge in [-0.1, -0.05) is 28.9 Å². The van der Waals surface area contributed by atoms with Gasteiger partial charge < -0.3 is 4.57 Å². The van der Waals surface area contributed by atoms with Crippen molar-refractivity contribution in [2.45, 2.75) is 33.2 Å². The maximum Gasteiger partial charge on any atom is 0.135 e. The zero-order chi connectivity index (χ0) is 10.4. The van der Waals surface area contributed by atoms with Gasteiger partial charge >= 0.3 is 0 Å². The standard InChI is InChI=1S/C11H17BrN2/c1-3-8-14-9-7-13-11(14)10(2)5-4-6-12/h5,7,9H,3-4,6,8H2,1-2H3.